The molecule has 2 rings (SSSR count). The number of nitrogens with one attached hydrogen (secondary N) is 1. The van der Waals surface area contributed by atoms with Crippen molar-refractivity contribution in [1.82, 2.24) is 20.2 Å². The summed E-state index contributed by atoms with van der Waals surface area (Å²) in [6.07, 6.45) is 1.66. The molecule has 0 spiro atoms. The van der Waals surface area contributed by atoms with Gasteiger partial charge in [0.1, 0.15) is 0 Å². The first-order valence-corrected chi connectivity index (χ1v) is 4.48. The fourth-order valence-corrected chi connectivity index (χ4v) is 1.03. The normalized spacial score (nSPS) is 9.54. The van der Waals surface area contributed by atoms with Crippen LogP contribution in [0.25, 0.3) is 11.0 Å². The fraction of sp³-hybridized carbons (Fsp3) is 0.375. The first-order chi connectivity index (χ1) is 6.27. The smallest absolute Gasteiger partial charge is 0.224 e. The number of halogens is 1. The van der Waals surface area contributed by atoms with Gasteiger partial charge in [-0.3, -0.25) is 5.10 Å². The lowest BCUT2D eigenvalue weighted by Crippen LogP contribution is -1.81. The van der Waals surface area contributed by atoms with Crippen molar-refractivity contribution < 1.29 is 0 Å². The van der Waals surface area contributed by atoms with E-state index >= 15 is 0 Å². The SMILES string of the molecule is CC.Cc1[nH]nc2nc(Cl)ncc12. The molecule has 0 aliphatic carbocycles. The molecule has 0 bridgehead atoms. The molecule has 0 radical (unpaired) electrons. The van der Waals surface area contributed by atoms with Gasteiger partial charge in [-0.05, 0) is 18.5 Å². The molecule has 0 saturated heterocycles. The topological polar surface area (TPSA) is 54.5 Å². The van der Waals surface area contributed by atoms with E-state index in [1.807, 2.05) is 20.8 Å². The van der Waals surface area contributed by atoms with Gasteiger partial charge in [-0.1, -0.05) is 13.8 Å². The van der Waals surface area contributed by atoms with Crippen LogP contribution >= 0.6 is 11.6 Å². The van der Waals surface area contributed by atoms with Crippen molar-refractivity contribution in [3.63, 3.8) is 0 Å². The second-order valence-electron chi connectivity index (χ2n) is 2.22. The van der Waals surface area contributed by atoms with E-state index in [1.165, 1.54) is 0 Å². The van der Waals surface area contributed by atoms with Crippen LogP contribution in [0.15, 0.2) is 6.20 Å². The Bertz CT molecular complexity index is 396. The molecule has 0 saturated carbocycles. The number of aromatic nitrogens is 4. The van der Waals surface area contributed by atoms with Crippen LogP contribution in [0.4, 0.5) is 0 Å². The molecule has 0 atom stereocenters. The first-order valence-electron chi connectivity index (χ1n) is 4.10. The maximum Gasteiger partial charge on any atom is 0.224 e. The zero-order chi connectivity index (χ0) is 9.84. The van der Waals surface area contributed by atoms with Crippen LogP contribution in [-0.4, -0.2) is 20.2 Å². The van der Waals surface area contributed by atoms with Crippen LogP contribution in [0, 0.1) is 6.92 Å². The second-order valence-corrected chi connectivity index (χ2v) is 2.56. The molecule has 2 aromatic rings. The van der Waals surface area contributed by atoms with Gasteiger partial charge in [-0.2, -0.15) is 10.1 Å². The number of aromatic amines is 1. The summed E-state index contributed by atoms with van der Waals surface area (Å²) in [5.74, 6) is 0. The Kier molecular flexibility index (Phi) is 3.19. The molecular weight excluding hydrogens is 188 g/mol. The maximum atomic E-state index is 5.55. The Morgan fingerprint density at radius 2 is 2.08 bits per heavy atom. The second kappa shape index (κ2) is 4.18. The van der Waals surface area contributed by atoms with E-state index in [-0.39, 0.29) is 5.28 Å². The van der Waals surface area contributed by atoms with Crippen LogP contribution < -0.4 is 0 Å². The van der Waals surface area contributed by atoms with Gasteiger partial charge in [-0.25, -0.2) is 4.98 Å². The van der Waals surface area contributed by atoms with Gasteiger partial charge in [0, 0.05) is 11.9 Å². The molecule has 0 unspecified atom stereocenters. The number of H-pyrrole nitrogens is 1. The van der Waals surface area contributed by atoms with Crippen LogP contribution in [0.1, 0.15) is 19.5 Å². The lowest BCUT2D eigenvalue weighted by molar-refractivity contribution is 1.05. The van der Waals surface area contributed by atoms with Crippen molar-refractivity contribution in [3.05, 3.63) is 17.2 Å². The van der Waals surface area contributed by atoms with Crippen LogP contribution in [0.5, 0.6) is 0 Å². The standard InChI is InChI=1S/C6H5ClN4.C2H6/c1-3-4-2-8-6(7)9-5(4)11-10-3;1-2/h2H,1H3,(H,8,9,10,11);1-2H3. The van der Waals surface area contributed by atoms with Gasteiger partial charge in [0.15, 0.2) is 5.65 Å². The number of fused-ring (bicyclic) bond motifs is 1. The molecule has 0 aliphatic heterocycles. The molecule has 13 heavy (non-hydrogen) atoms. The van der Waals surface area contributed by atoms with Crippen molar-refractivity contribution in [2.45, 2.75) is 20.8 Å². The van der Waals surface area contributed by atoms with Gasteiger partial charge in [-0.15, -0.1) is 0 Å². The molecule has 2 aromatic heterocycles. The molecule has 0 amide bonds. The Balaban J connectivity index is 0.000000396. The lowest BCUT2D eigenvalue weighted by atomic mass is 10.3. The summed E-state index contributed by atoms with van der Waals surface area (Å²) in [5, 5.41) is 7.85. The minimum atomic E-state index is 0.226. The fourth-order valence-electron chi connectivity index (χ4n) is 0.899. The summed E-state index contributed by atoms with van der Waals surface area (Å²) in [5.41, 5.74) is 1.57. The van der Waals surface area contributed by atoms with Gasteiger partial charge in [0.25, 0.3) is 0 Å². The van der Waals surface area contributed by atoms with Crippen LogP contribution in [-0.2, 0) is 0 Å². The van der Waals surface area contributed by atoms with Crippen molar-refractivity contribution in [3.8, 4) is 0 Å². The summed E-state index contributed by atoms with van der Waals surface area (Å²) in [7, 11) is 0. The first kappa shape index (κ1) is 9.92. The van der Waals surface area contributed by atoms with Crippen molar-refractivity contribution in [1.29, 1.82) is 0 Å². The van der Waals surface area contributed by atoms with Gasteiger partial charge in [0.05, 0.1) is 5.39 Å². The summed E-state index contributed by atoms with van der Waals surface area (Å²) < 4.78 is 0. The number of aryl methyl sites for hydroxylation is 1. The Hall–Kier alpha value is -1.16. The molecule has 1 N–H and O–H groups in total. The summed E-state index contributed by atoms with van der Waals surface area (Å²) in [6.45, 7) is 5.91. The van der Waals surface area contributed by atoms with E-state index in [1.54, 1.807) is 6.20 Å². The Morgan fingerprint density at radius 1 is 1.38 bits per heavy atom. The number of nitrogens with zero attached hydrogens (tertiary/aromatic N) is 3. The van der Waals surface area contributed by atoms with E-state index in [4.69, 9.17) is 11.6 Å². The Morgan fingerprint density at radius 3 is 2.77 bits per heavy atom. The van der Waals surface area contributed by atoms with E-state index < -0.39 is 0 Å². The van der Waals surface area contributed by atoms with Gasteiger partial charge < -0.3 is 0 Å². The molecular formula is C8H11ClN4. The predicted octanol–water partition coefficient (Wildman–Crippen LogP) is 2.34. The average molecular weight is 199 g/mol. The number of hydrogen-bond donors (Lipinski definition) is 1. The molecule has 2 heterocycles. The lowest BCUT2D eigenvalue weighted by Gasteiger charge is -1.87. The largest absolute Gasteiger partial charge is 0.280 e. The summed E-state index contributed by atoms with van der Waals surface area (Å²) in [6, 6.07) is 0. The minimum absolute atomic E-state index is 0.226. The number of hydrogen-bond acceptors (Lipinski definition) is 3. The third-order valence-corrected chi connectivity index (χ3v) is 1.65. The highest BCUT2D eigenvalue weighted by Gasteiger charge is 2.02. The van der Waals surface area contributed by atoms with Crippen molar-refractivity contribution in [2.75, 3.05) is 0 Å². The van der Waals surface area contributed by atoms with Gasteiger partial charge in [0.2, 0.25) is 5.28 Å². The van der Waals surface area contributed by atoms with E-state index in [9.17, 15) is 0 Å². The predicted molar refractivity (Wildman–Crippen MR) is 52.8 cm³/mol. The van der Waals surface area contributed by atoms with Crippen LogP contribution in [0.2, 0.25) is 5.28 Å². The quantitative estimate of drug-likeness (QED) is 0.661. The zero-order valence-corrected chi connectivity index (χ0v) is 8.55. The van der Waals surface area contributed by atoms with E-state index in [0.717, 1.165) is 11.1 Å². The number of rotatable bonds is 0. The molecule has 0 fully saturated rings. The third kappa shape index (κ3) is 1.95. The monoisotopic (exact) mass is 198 g/mol. The highest BCUT2D eigenvalue weighted by atomic mass is 35.5. The zero-order valence-electron chi connectivity index (χ0n) is 7.80. The molecule has 0 aliphatic rings. The average Bonchev–Trinajstić information content (AvgIpc) is 2.51. The summed E-state index contributed by atoms with van der Waals surface area (Å²) in [4.78, 5) is 7.74. The van der Waals surface area contributed by atoms with Crippen molar-refractivity contribution in [2.24, 2.45) is 0 Å². The van der Waals surface area contributed by atoms with E-state index in [2.05, 4.69) is 20.2 Å². The highest BCUT2D eigenvalue weighted by molar-refractivity contribution is 6.28. The van der Waals surface area contributed by atoms with E-state index in [0.29, 0.717) is 5.65 Å². The molecule has 0 aromatic carbocycles. The minimum Gasteiger partial charge on any atom is -0.280 e. The van der Waals surface area contributed by atoms with Crippen LogP contribution in [0.3, 0.4) is 0 Å². The summed E-state index contributed by atoms with van der Waals surface area (Å²) >= 11 is 5.55. The van der Waals surface area contributed by atoms with Gasteiger partial charge >= 0.3 is 0 Å². The highest BCUT2D eigenvalue weighted by Crippen LogP contribution is 2.12. The Labute approximate surface area is 81.4 Å². The molecule has 70 valence electrons. The third-order valence-electron chi connectivity index (χ3n) is 1.47. The maximum absolute atomic E-state index is 5.55. The molecule has 5 heteroatoms. The molecule has 4 nitrogen and oxygen atoms in total. The van der Waals surface area contributed by atoms with Crippen molar-refractivity contribution >= 4 is 22.6 Å².